The molecular weight excluding hydrogens is 280 g/mol. The minimum absolute atomic E-state index is 0.0793. The quantitative estimate of drug-likeness (QED) is 0.696. The highest BCUT2D eigenvalue weighted by atomic mass is 32.2. The lowest BCUT2D eigenvalue weighted by Crippen LogP contribution is -2.27. The summed E-state index contributed by atoms with van der Waals surface area (Å²) in [6, 6.07) is 5.61. The van der Waals surface area contributed by atoms with Crippen LogP contribution >= 0.6 is 0 Å². The summed E-state index contributed by atoms with van der Waals surface area (Å²) in [6.45, 7) is 3.56. The molecule has 3 N–H and O–H groups in total. The molecule has 0 unspecified atom stereocenters. The maximum atomic E-state index is 11.8. The molecule has 1 aromatic rings. The van der Waals surface area contributed by atoms with Crippen molar-refractivity contribution >= 4 is 15.9 Å². The molecule has 0 bridgehead atoms. The number of ether oxygens (including phenoxy) is 1. The number of rotatable bonds is 8. The van der Waals surface area contributed by atoms with Crippen LogP contribution in [0.5, 0.6) is 0 Å². The van der Waals surface area contributed by atoms with E-state index in [2.05, 4.69) is 12.2 Å². The lowest BCUT2D eigenvalue weighted by molar-refractivity contribution is 0.0912. The summed E-state index contributed by atoms with van der Waals surface area (Å²) in [5.74, 6) is -0.352. The third kappa shape index (κ3) is 5.68. The zero-order valence-corrected chi connectivity index (χ0v) is 12.3. The molecule has 0 aliphatic rings. The molecule has 0 radical (unpaired) electrons. The van der Waals surface area contributed by atoms with Crippen molar-refractivity contribution in [1.29, 1.82) is 0 Å². The van der Waals surface area contributed by atoms with Crippen molar-refractivity contribution in [3.8, 4) is 0 Å². The summed E-state index contributed by atoms with van der Waals surface area (Å²) in [4.78, 5) is 11.7. The molecule has 1 rings (SSSR count). The Morgan fingerprint density at radius 3 is 2.75 bits per heavy atom. The number of carbonyl (C=O) groups excluding carboxylic acids is 1. The number of nitrogens with one attached hydrogen (secondary N) is 1. The summed E-state index contributed by atoms with van der Waals surface area (Å²) in [7, 11) is -3.80. The molecule has 1 aromatic carbocycles. The molecule has 0 fully saturated rings. The van der Waals surface area contributed by atoms with Gasteiger partial charge in [0, 0.05) is 18.7 Å². The van der Waals surface area contributed by atoms with Crippen molar-refractivity contribution in [1.82, 2.24) is 5.32 Å². The first-order valence-corrected chi connectivity index (χ1v) is 7.98. The zero-order valence-electron chi connectivity index (χ0n) is 11.5. The SMILES string of the molecule is CCCCOCCNC(=O)c1cccc(S(N)(=O)=O)c1. The molecule has 0 spiro atoms. The van der Waals surface area contributed by atoms with Crippen molar-refractivity contribution in [3.05, 3.63) is 29.8 Å². The topological polar surface area (TPSA) is 98.5 Å². The number of amides is 1. The number of carbonyl (C=O) groups is 1. The van der Waals surface area contributed by atoms with E-state index in [0.29, 0.717) is 19.8 Å². The molecule has 0 saturated carbocycles. The Morgan fingerprint density at radius 1 is 1.35 bits per heavy atom. The monoisotopic (exact) mass is 300 g/mol. The molecule has 0 aliphatic heterocycles. The Kier molecular flexibility index (Phi) is 6.63. The summed E-state index contributed by atoms with van der Waals surface area (Å²) < 4.78 is 27.7. The van der Waals surface area contributed by atoms with E-state index in [4.69, 9.17) is 9.88 Å². The van der Waals surface area contributed by atoms with E-state index in [0.717, 1.165) is 12.8 Å². The number of sulfonamides is 1. The number of nitrogens with two attached hydrogens (primary N) is 1. The molecule has 0 atom stereocenters. The molecule has 0 aromatic heterocycles. The first-order valence-electron chi connectivity index (χ1n) is 6.44. The summed E-state index contributed by atoms with van der Waals surface area (Å²) in [5, 5.41) is 7.67. The van der Waals surface area contributed by atoms with Crippen LogP contribution in [0.25, 0.3) is 0 Å². The second-order valence-electron chi connectivity index (χ2n) is 4.29. The molecule has 20 heavy (non-hydrogen) atoms. The third-order valence-corrected chi connectivity index (χ3v) is 3.51. The van der Waals surface area contributed by atoms with Gasteiger partial charge in [-0.3, -0.25) is 4.79 Å². The van der Waals surface area contributed by atoms with Crippen LogP contribution in [-0.2, 0) is 14.8 Å². The normalized spacial score (nSPS) is 11.3. The van der Waals surface area contributed by atoms with Crippen molar-refractivity contribution in [3.63, 3.8) is 0 Å². The number of hydrogen-bond donors (Lipinski definition) is 2. The lowest BCUT2D eigenvalue weighted by atomic mass is 10.2. The second kappa shape index (κ2) is 7.98. The van der Waals surface area contributed by atoms with Crippen molar-refractivity contribution in [2.75, 3.05) is 19.8 Å². The molecule has 112 valence electrons. The minimum Gasteiger partial charge on any atom is -0.380 e. The summed E-state index contributed by atoms with van der Waals surface area (Å²) in [5.41, 5.74) is 0.255. The van der Waals surface area contributed by atoms with Gasteiger partial charge in [0.15, 0.2) is 0 Å². The van der Waals surface area contributed by atoms with Crippen LogP contribution in [0.15, 0.2) is 29.2 Å². The molecule has 0 heterocycles. The van der Waals surface area contributed by atoms with Gasteiger partial charge in [-0.05, 0) is 24.6 Å². The van der Waals surface area contributed by atoms with Crippen molar-refractivity contribution in [2.45, 2.75) is 24.7 Å². The Balaban J connectivity index is 2.48. The van der Waals surface area contributed by atoms with Crippen molar-refractivity contribution < 1.29 is 17.9 Å². The van der Waals surface area contributed by atoms with Crippen LogP contribution in [0.4, 0.5) is 0 Å². The first kappa shape index (κ1) is 16.6. The molecule has 7 heteroatoms. The van der Waals surface area contributed by atoms with E-state index in [1.54, 1.807) is 0 Å². The highest BCUT2D eigenvalue weighted by molar-refractivity contribution is 7.89. The molecular formula is C13H20N2O4S. The van der Waals surface area contributed by atoms with Gasteiger partial charge in [-0.15, -0.1) is 0 Å². The van der Waals surface area contributed by atoms with E-state index in [1.807, 2.05) is 0 Å². The van der Waals surface area contributed by atoms with Crippen LogP contribution in [0.1, 0.15) is 30.1 Å². The van der Waals surface area contributed by atoms with E-state index in [-0.39, 0.29) is 16.4 Å². The maximum Gasteiger partial charge on any atom is 0.251 e. The van der Waals surface area contributed by atoms with E-state index < -0.39 is 10.0 Å². The Hall–Kier alpha value is -1.44. The van der Waals surface area contributed by atoms with E-state index in [9.17, 15) is 13.2 Å². The lowest BCUT2D eigenvalue weighted by Gasteiger charge is -2.07. The second-order valence-corrected chi connectivity index (χ2v) is 5.86. The van der Waals surface area contributed by atoms with Crippen LogP contribution in [-0.4, -0.2) is 34.1 Å². The zero-order chi connectivity index (χ0) is 15.0. The van der Waals surface area contributed by atoms with Crippen molar-refractivity contribution in [2.24, 2.45) is 5.14 Å². The molecule has 0 saturated heterocycles. The highest BCUT2D eigenvalue weighted by Gasteiger charge is 2.11. The molecule has 0 aliphatic carbocycles. The van der Waals surface area contributed by atoms with Gasteiger partial charge in [0.2, 0.25) is 10.0 Å². The molecule has 6 nitrogen and oxygen atoms in total. The van der Waals surface area contributed by atoms with Gasteiger partial charge in [0.05, 0.1) is 11.5 Å². The Morgan fingerprint density at radius 2 is 2.10 bits per heavy atom. The average molecular weight is 300 g/mol. The summed E-state index contributed by atoms with van der Waals surface area (Å²) in [6.07, 6.45) is 2.05. The largest absolute Gasteiger partial charge is 0.380 e. The van der Waals surface area contributed by atoms with Gasteiger partial charge in [0.1, 0.15) is 0 Å². The van der Waals surface area contributed by atoms with E-state index >= 15 is 0 Å². The smallest absolute Gasteiger partial charge is 0.251 e. The average Bonchev–Trinajstić information content (AvgIpc) is 2.41. The van der Waals surface area contributed by atoms with Crippen LogP contribution in [0.3, 0.4) is 0 Å². The number of benzene rings is 1. The first-order chi connectivity index (χ1) is 9.45. The maximum absolute atomic E-state index is 11.8. The number of hydrogen-bond acceptors (Lipinski definition) is 4. The highest BCUT2D eigenvalue weighted by Crippen LogP contribution is 2.09. The summed E-state index contributed by atoms with van der Waals surface area (Å²) >= 11 is 0. The predicted octanol–water partition coefficient (Wildman–Crippen LogP) is 0.881. The Labute approximate surface area is 119 Å². The fraction of sp³-hybridized carbons (Fsp3) is 0.462. The standard InChI is InChI=1S/C13H20N2O4S/c1-2-3-8-19-9-7-15-13(16)11-5-4-6-12(10-11)20(14,17)18/h4-6,10H,2-3,7-9H2,1H3,(H,15,16)(H2,14,17,18). The van der Waals surface area contributed by atoms with Crippen LogP contribution in [0, 0.1) is 0 Å². The van der Waals surface area contributed by atoms with Gasteiger partial charge < -0.3 is 10.1 Å². The fourth-order valence-electron chi connectivity index (χ4n) is 1.50. The third-order valence-electron chi connectivity index (χ3n) is 2.60. The Bertz CT molecular complexity index is 543. The molecule has 1 amide bonds. The van der Waals surface area contributed by atoms with Crippen LogP contribution in [0.2, 0.25) is 0 Å². The van der Waals surface area contributed by atoms with E-state index in [1.165, 1.54) is 24.3 Å². The number of primary sulfonamides is 1. The van der Waals surface area contributed by atoms with Crippen LogP contribution < -0.4 is 10.5 Å². The van der Waals surface area contributed by atoms with Gasteiger partial charge in [-0.25, -0.2) is 13.6 Å². The predicted molar refractivity (Wildman–Crippen MR) is 75.9 cm³/mol. The van der Waals surface area contributed by atoms with Gasteiger partial charge >= 0.3 is 0 Å². The minimum atomic E-state index is -3.80. The van der Waals surface area contributed by atoms with Gasteiger partial charge in [0.25, 0.3) is 5.91 Å². The van der Waals surface area contributed by atoms with Gasteiger partial charge in [-0.1, -0.05) is 19.4 Å². The fourth-order valence-corrected chi connectivity index (χ4v) is 2.06. The van der Waals surface area contributed by atoms with Gasteiger partial charge in [-0.2, -0.15) is 0 Å². The number of unbranched alkanes of at least 4 members (excludes halogenated alkanes) is 1.